The third kappa shape index (κ3) is 3.67. The zero-order valence-corrected chi connectivity index (χ0v) is 13.4. The molecular weight excluding hydrogens is 328 g/mol. The molecule has 122 valence electrons. The van der Waals surface area contributed by atoms with Crippen LogP contribution in [0.15, 0.2) is 48.5 Å². The number of halogens is 1. The quantitative estimate of drug-likeness (QED) is 0.585. The lowest BCUT2D eigenvalue weighted by molar-refractivity contribution is 0.0996. The zero-order chi connectivity index (χ0) is 17.1. The van der Waals surface area contributed by atoms with Crippen molar-refractivity contribution in [3.8, 4) is 0 Å². The molecule has 24 heavy (non-hydrogen) atoms. The lowest BCUT2D eigenvalue weighted by Gasteiger charge is -2.08. The molecule has 0 radical (unpaired) electrons. The van der Waals surface area contributed by atoms with Crippen LogP contribution < -0.4 is 16.4 Å². The minimum absolute atomic E-state index is 0.326. The summed E-state index contributed by atoms with van der Waals surface area (Å²) in [5.74, 6) is -0.528. The van der Waals surface area contributed by atoms with Gasteiger partial charge in [-0.15, -0.1) is 0 Å². The first-order chi connectivity index (χ1) is 11.5. The van der Waals surface area contributed by atoms with Crippen LogP contribution in [0.1, 0.15) is 16.1 Å². The van der Waals surface area contributed by atoms with E-state index in [4.69, 9.17) is 17.3 Å². The average molecular weight is 343 g/mol. The number of aromatic nitrogens is 1. The van der Waals surface area contributed by atoms with Gasteiger partial charge in [-0.05, 0) is 42.0 Å². The molecule has 7 heteroatoms. The van der Waals surface area contributed by atoms with Crippen molar-refractivity contribution in [2.45, 2.75) is 6.54 Å². The van der Waals surface area contributed by atoms with E-state index in [-0.39, 0.29) is 6.03 Å². The molecular formula is C17H15ClN4O2. The summed E-state index contributed by atoms with van der Waals surface area (Å²) in [6.07, 6.45) is 0. The number of H-pyrrole nitrogens is 1. The Labute approximate surface area is 143 Å². The molecule has 0 fully saturated rings. The third-order valence-electron chi connectivity index (χ3n) is 3.49. The molecule has 1 aromatic heterocycles. The van der Waals surface area contributed by atoms with E-state index in [9.17, 15) is 9.59 Å². The van der Waals surface area contributed by atoms with Gasteiger partial charge in [-0.2, -0.15) is 0 Å². The number of hydrogen-bond acceptors (Lipinski definition) is 2. The van der Waals surface area contributed by atoms with Gasteiger partial charge in [0.15, 0.2) is 0 Å². The molecule has 0 atom stereocenters. The van der Waals surface area contributed by atoms with Crippen molar-refractivity contribution < 1.29 is 9.59 Å². The highest BCUT2D eigenvalue weighted by atomic mass is 35.5. The number of aromatic amines is 1. The maximum Gasteiger partial charge on any atom is 0.319 e. The number of primary amides is 1. The molecule has 0 saturated carbocycles. The summed E-state index contributed by atoms with van der Waals surface area (Å²) in [7, 11) is 0. The highest BCUT2D eigenvalue weighted by Crippen LogP contribution is 2.20. The van der Waals surface area contributed by atoms with E-state index in [0.717, 1.165) is 16.5 Å². The van der Waals surface area contributed by atoms with Gasteiger partial charge in [0.05, 0.1) is 0 Å². The molecule has 3 amide bonds. The summed E-state index contributed by atoms with van der Waals surface area (Å²) < 4.78 is 0. The second-order valence-corrected chi connectivity index (χ2v) is 5.72. The Kier molecular flexibility index (Phi) is 4.39. The number of rotatable bonds is 4. The molecule has 3 aromatic rings. The van der Waals surface area contributed by atoms with E-state index in [1.165, 1.54) is 0 Å². The molecule has 2 aromatic carbocycles. The van der Waals surface area contributed by atoms with Crippen LogP contribution in [0.25, 0.3) is 10.9 Å². The topological polar surface area (TPSA) is 100 Å². The first kappa shape index (κ1) is 15.9. The van der Waals surface area contributed by atoms with Gasteiger partial charge in [0.2, 0.25) is 0 Å². The fourth-order valence-corrected chi connectivity index (χ4v) is 2.56. The first-order valence-corrected chi connectivity index (χ1v) is 7.61. The second kappa shape index (κ2) is 6.64. The van der Waals surface area contributed by atoms with Crippen molar-refractivity contribution in [3.63, 3.8) is 0 Å². The number of nitrogens with two attached hydrogens (primary N) is 1. The number of fused-ring (bicyclic) bond motifs is 1. The molecule has 0 unspecified atom stereocenters. The average Bonchev–Trinajstić information content (AvgIpc) is 2.97. The van der Waals surface area contributed by atoms with E-state index in [1.54, 1.807) is 36.4 Å². The predicted octanol–water partition coefficient (Wildman–Crippen LogP) is 3.24. The fraction of sp³-hybridized carbons (Fsp3) is 0.0588. The van der Waals surface area contributed by atoms with Gasteiger partial charge < -0.3 is 21.4 Å². The Morgan fingerprint density at radius 2 is 1.96 bits per heavy atom. The SMILES string of the molecule is NC(=O)c1cc2cc(NC(=O)NCc3cccc(Cl)c3)ccc2[nH]1. The number of carbonyl (C=O) groups is 2. The van der Waals surface area contributed by atoms with Crippen LogP contribution in [0.2, 0.25) is 5.02 Å². The number of carbonyl (C=O) groups excluding carboxylic acids is 2. The Hall–Kier alpha value is -2.99. The van der Waals surface area contributed by atoms with Crippen LogP contribution >= 0.6 is 11.6 Å². The molecule has 5 N–H and O–H groups in total. The van der Waals surface area contributed by atoms with Crippen molar-refractivity contribution in [2.24, 2.45) is 5.73 Å². The largest absolute Gasteiger partial charge is 0.364 e. The lowest BCUT2D eigenvalue weighted by atomic mass is 10.2. The second-order valence-electron chi connectivity index (χ2n) is 5.29. The molecule has 0 aliphatic rings. The Bertz CT molecular complexity index is 920. The van der Waals surface area contributed by atoms with Crippen molar-refractivity contribution in [1.29, 1.82) is 0 Å². The zero-order valence-electron chi connectivity index (χ0n) is 12.6. The maximum atomic E-state index is 12.0. The summed E-state index contributed by atoms with van der Waals surface area (Å²) in [5, 5.41) is 6.91. The molecule has 0 aliphatic heterocycles. The molecule has 0 spiro atoms. The van der Waals surface area contributed by atoms with Gasteiger partial charge in [0.25, 0.3) is 5.91 Å². The van der Waals surface area contributed by atoms with Gasteiger partial charge in [0, 0.05) is 28.2 Å². The minimum Gasteiger partial charge on any atom is -0.364 e. The standard InChI is InChI=1S/C17H15ClN4O2/c18-12-3-1-2-10(6-12)9-20-17(24)21-13-4-5-14-11(7-13)8-15(22-14)16(19)23/h1-8,22H,9H2,(H2,19,23)(H2,20,21,24). The monoisotopic (exact) mass is 342 g/mol. The number of hydrogen-bond donors (Lipinski definition) is 4. The molecule has 0 aliphatic carbocycles. The smallest absolute Gasteiger partial charge is 0.319 e. The molecule has 1 heterocycles. The first-order valence-electron chi connectivity index (χ1n) is 7.23. The predicted molar refractivity (Wildman–Crippen MR) is 94.1 cm³/mol. The van der Waals surface area contributed by atoms with Crippen LogP contribution in [0.3, 0.4) is 0 Å². The van der Waals surface area contributed by atoms with E-state index in [0.29, 0.717) is 22.9 Å². The van der Waals surface area contributed by atoms with E-state index < -0.39 is 5.91 Å². The van der Waals surface area contributed by atoms with E-state index in [2.05, 4.69) is 15.6 Å². The minimum atomic E-state index is -0.528. The van der Waals surface area contributed by atoms with Gasteiger partial charge in [0.1, 0.15) is 5.69 Å². The van der Waals surface area contributed by atoms with Crippen LogP contribution in [-0.2, 0) is 6.54 Å². The van der Waals surface area contributed by atoms with Crippen molar-refractivity contribution in [3.05, 3.63) is 64.8 Å². The van der Waals surface area contributed by atoms with E-state index in [1.807, 2.05) is 12.1 Å². The lowest BCUT2D eigenvalue weighted by Crippen LogP contribution is -2.28. The van der Waals surface area contributed by atoms with Crippen LogP contribution in [0.4, 0.5) is 10.5 Å². The Balaban J connectivity index is 1.65. The summed E-state index contributed by atoms with van der Waals surface area (Å²) >= 11 is 5.91. The number of benzene rings is 2. The highest BCUT2D eigenvalue weighted by Gasteiger charge is 2.07. The Morgan fingerprint density at radius 1 is 1.12 bits per heavy atom. The highest BCUT2D eigenvalue weighted by molar-refractivity contribution is 6.30. The summed E-state index contributed by atoms with van der Waals surface area (Å²) in [6, 6.07) is 13.9. The van der Waals surface area contributed by atoms with Gasteiger partial charge in [-0.3, -0.25) is 4.79 Å². The van der Waals surface area contributed by atoms with Crippen molar-refractivity contribution >= 4 is 40.1 Å². The van der Waals surface area contributed by atoms with Crippen LogP contribution in [-0.4, -0.2) is 16.9 Å². The molecule has 0 bridgehead atoms. The summed E-state index contributed by atoms with van der Waals surface area (Å²) in [5.41, 5.74) is 7.86. The number of anilines is 1. The Morgan fingerprint density at radius 3 is 2.71 bits per heavy atom. The normalized spacial score (nSPS) is 10.5. The van der Waals surface area contributed by atoms with Crippen LogP contribution in [0, 0.1) is 0 Å². The number of urea groups is 1. The van der Waals surface area contributed by atoms with Crippen molar-refractivity contribution in [2.75, 3.05) is 5.32 Å². The summed E-state index contributed by atoms with van der Waals surface area (Å²) in [4.78, 5) is 26.1. The third-order valence-corrected chi connectivity index (χ3v) is 3.72. The van der Waals surface area contributed by atoms with Crippen molar-refractivity contribution in [1.82, 2.24) is 10.3 Å². The molecule has 3 rings (SSSR count). The van der Waals surface area contributed by atoms with Gasteiger partial charge in [-0.25, -0.2) is 4.79 Å². The van der Waals surface area contributed by atoms with Gasteiger partial charge in [-0.1, -0.05) is 23.7 Å². The summed E-state index contributed by atoms with van der Waals surface area (Å²) in [6.45, 7) is 0.366. The van der Waals surface area contributed by atoms with Gasteiger partial charge >= 0.3 is 6.03 Å². The number of amides is 3. The fourth-order valence-electron chi connectivity index (χ4n) is 2.35. The van der Waals surface area contributed by atoms with E-state index >= 15 is 0 Å². The van der Waals surface area contributed by atoms with Crippen LogP contribution in [0.5, 0.6) is 0 Å². The maximum absolute atomic E-state index is 12.0. The molecule has 0 saturated heterocycles. The number of nitrogens with one attached hydrogen (secondary N) is 3. The molecule has 6 nitrogen and oxygen atoms in total.